The van der Waals surface area contributed by atoms with Crippen molar-refractivity contribution in [3.05, 3.63) is 70.8 Å². The number of nitrogens with zero attached hydrogens (tertiary/aromatic N) is 2. The maximum Gasteiger partial charge on any atom is 0.234 e. The van der Waals surface area contributed by atoms with Gasteiger partial charge >= 0.3 is 0 Å². The molecule has 0 heterocycles. The highest BCUT2D eigenvalue weighted by atomic mass is 16.2. The number of carbonyl (C=O) groups is 2. The first kappa shape index (κ1) is 13.2. The van der Waals surface area contributed by atoms with Gasteiger partial charge in [0, 0.05) is 11.1 Å². The Morgan fingerprint density at radius 1 is 0.700 bits per heavy atom. The van der Waals surface area contributed by atoms with Gasteiger partial charge in [0.15, 0.2) is 0 Å². The second-order valence-electron chi connectivity index (χ2n) is 3.97. The lowest BCUT2D eigenvalue weighted by Crippen LogP contribution is -2.17. The summed E-state index contributed by atoms with van der Waals surface area (Å²) in [4.78, 5) is 24.4. The van der Waals surface area contributed by atoms with Crippen LogP contribution < -0.4 is 0 Å². The van der Waals surface area contributed by atoms with Crippen molar-refractivity contribution in [1.82, 2.24) is 0 Å². The average molecular weight is 260 g/mol. The molecule has 0 aromatic heterocycles. The van der Waals surface area contributed by atoms with Crippen LogP contribution in [0, 0.1) is 22.7 Å². The van der Waals surface area contributed by atoms with Gasteiger partial charge in [0.05, 0.1) is 23.3 Å². The van der Waals surface area contributed by atoms with Crippen LogP contribution in [-0.2, 0) is 0 Å². The van der Waals surface area contributed by atoms with E-state index in [1.54, 1.807) is 24.3 Å². The molecule has 0 saturated carbocycles. The van der Waals surface area contributed by atoms with Crippen molar-refractivity contribution in [2.24, 2.45) is 0 Å². The number of nitriles is 2. The maximum atomic E-state index is 12.2. The molecule has 4 nitrogen and oxygen atoms in total. The number of rotatable bonds is 3. The lowest BCUT2D eigenvalue weighted by Gasteiger charge is -2.04. The Labute approximate surface area is 115 Å². The van der Waals surface area contributed by atoms with Crippen molar-refractivity contribution in [2.45, 2.75) is 0 Å². The zero-order chi connectivity index (χ0) is 14.5. The van der Waals surface area contributed by atoms with Crippen molar-refractivity contribution in [3.63, 3.8) is 0 Å². The Hall–Kier alpha value is -3.24. The van der Waals surface area contributed by atoms with E-state index in [0.717, 1.165) is 0 Å². The van der Waals surface area contributed by atoms with Crippen molar-refractivity contribution in [3.8, 4) is 12.1 Å². The number of hydrogen-bond donors (Lipinski definition) is 0. The highest BCUT2D eigenvalue weighted by molar-refractivity contribution is 6.50. The highest BCUT2D eigenvalue weighted by Crippen LogP contribution is 2.14. The van der Waals surface area contributed by atoms with Gasteiger partial charge in [-0.05, 0) is 24.3 Å². The minimum absolute atomic E-state index is 0.0488. The first-order chi connectivity index (χ1) is 9.69. The van der Waals surface area contributed by atoms with Crippen LogP contribution in [0.3, 0.4) is 0 Å². The summed E-state index contributed by atoms with van der Waals surface area (Å²) in [5, 5.41) is 17.9. The monoisotopic (exact) mass is 260 g/mol. The molecule has 0 N–H and O–H groups in total. The van der Waals surface area contributed by atoms with E-state index in [1.165, 1.54) is 24.3 Å². The molecule has 0 bridgehead atoms. The summed E-state index contributed by atoms with van der Waals surface area (Å²) in [5.41, 5.74) is 0.376. The second-order valence-corrected chi connectivity index (χ2v) is 3.97. The van der Waals surface area contributed by atoms with Crippen LogP contribution >= 0.6 is 0 Å². The fourth-order valence-corrected chi connectivity index (χ4v) is 1.80. The van der Waals surface area contributed by atoms with Crippen LogP contribution in [0.2, 0.25) is 0 Å². The Morgan fingerprint density at radius 2 is 1.05 bits per heavy atom. The van der Waals surface area contributed by atoms with Gasteiger partial charge in [0.1, 0.15) is 0 Å². The molecule has 2 aromatic rings. The van der Waals surface area contributed by atoms with E-state index in [0.29, 0.717) is 0 Å². The highest BCUT2D eigenvalue weighted by Gasteiger charge is 2.22. The first-order valence-electron chi connectivity index (χ1n) is 5.76. The summed E-state index contributed by atoms with van der Waals surface area (Å²) in [7, 11) is 0. The van der Waals surface area contributed by atoms with Crippen LogP contribution in [-0.4, -0.2) is 11.6 Å². The zero-order valence-corrected chi connectivity index (χ0v) is 10.3. The average Bonchev–Trinajstić information content (AvgIpc) is 2.53. The molecule has 0 aliphatic carbocycles. The smallest absolute Gasteiger partial charge is 0.234 e. The molecule has 20 heavy (non-hydrogen) atoms. The summed E-state index contributed by atoms with van der Waals surface area (Å²) in [6.07, 6.45) is 0. The Kier molecular flexibility index (Phi) is 3.70. The van der Waals surface area contributed by atoms with E-state index in [1.807, 2.05) is 12.1 Å². The normalized spacial score (nSPS) is 9.30. The number of ketones is 2. The molecule has 0 amide bonds. The molecule has 0 unspecified atom stereocenters. The van der Waals surface area contributed by atoms with Crippen LogP contribution in [0.1, 0.15) is 31.8 Å². The van der Waals surface area contributed by atoms with E-state index in [9.17, 15) is 9.59 Å². The quantitative estimate of drug-likeness (QED) is 0.627. The van der Waals surface area contributed by atoms with Gasteiger partial charge in [-0.1, -0.05) is 24.3 Å². The third kappa shape index (κ3) is 2.31. The fraction of sp³-hybridized carbons (Fsp3) is 0. The standard InChI is InChI=1S/C16H8N2O2/c17-9-11-5-1-3-7-13(11)15(19)16(20)14-8-4-2-6-12(14)10-18/h1-8H. The SMILES string of the molecule is N#Cc1ccccc1C(=O)C(=O)c1ccccc1C#N. The van der Waals surface area contributed by atoms with Crippen molar-refractivity contribution in [1.29, 1.82) is 10.5 Å². The summed E-state index contributed by atoms with van der Waals surface area (Å²) in [6.45, 7) is 0. The van der Waals surface area contributed by atoms with E-state index in [-0.39, 0.29) is 22.3 Å². The Morgan fingerprint density at radius 3 is 1.40 bits per heavy atom. The Balaban J connectivity index is 2.47. The van der Waals surface area contributed by atoms with Gasteiger partial charge in [-0.15, -0.1) is 0 Å². The number of benzene rings is 2. The van der Waals surface area contributed by atoms with Crippen LogP contribution in [0.5, 0.6) is 0 Å². The molecule has 0 radical (unpaired) electrons. The van der Waals surface area contributed by atoms with Crippen LogP contribution in [0.25, 0.3) is 0 Å². The number of hydrogen-bond acceptors (Lipinski definition) is 4. The molecule has 0 fully saturated rings. The van der Waals surface area contributed by atoms with Crippen LogP contribution in [0.4, 0.5) is 0 Å². The molecule has 0 aliphatic rings. The second kappa shape index (κ2) is 5.60. The lowest BCUT2D eigenvalue weighted by atomic mass is 9.95. The topological polar surface area (TPSA) is 81.7 Å². The predicted molar refractivity (Wildman–Crippen MR) is 71.0 cm³/mol. The molecule has 2 aromatic carbocycles. The van der Waals surface area contributed by atoms with Gasteiger partial charge in [0.25, 0.3) is 0 Å². The first-order valence-corrected chi connectivity index (χ1v) is 5.76. The van der Waals surface area contributed by atoms with Gasteiger partial charge in [-0.25, -0.2) is 0 Å². The molecule has 4 heteroatoms. The molecule has 0 atom stereocenters. The van der Waals surface area contributed by atoms with E-state index < -0.39 is 11.6 Å². The third-order valence-corrected chi connectivity index (χ3v) is 2.79. The summed E-state index contributed by atoms with van der Waals surface area (Å²) < 4.78 is 0. The zero-order valence-electron chi connectivity index (χ0n) is 10.3. The molecule has 0 spiro atoms. The summed E-state index contributed by atoms with van der Waals surface area (Å²) in [6, 6.07) is 15.9. The number of carbonyl (C=O) groups excluding carboxylic acids is 2. The predicted octanol–water partition coefficient (Wildman–Crippen LogP) is 2.50. The van der Waals surface area contributed by atoms with Crippen molar-refractivity contribution in [2.75, 3.05) is 0 Å². The summed E-state index contributed by atoms with van der Waals surface area (Å²) in [5.74, 6) is -1.57. The minimum atomic E-state index is -0.787. The van der Waals surface area contributed by atoms with Gasteiger partial charge in [-0.3, -0.25) is 9.59 Å². The third-order valence-electron chi connectivity index (χ3n) is 2.79. The summed E-state index contributed by atoms with van der Waals surface area (Å²) >= 11 is 0. The van der Waals surface area contributed by atoms with E-state index >= 15 is 0 Å². The van der Waals surface area contributed by atoms with E-state index in [2.05, 4.69) is 0 Å². The van der Waals surface area contributed by atoms with Gasteiger partial charge in [0.2, 0.25) is 11.6 Å². The minimum Gasteiger partial charge on any atom is -0.285 e. The number of Topliss-reactive ketones (excluding diaryl/α,β-unsaturated/α-hetero) is 2. The molecule has 2 rings (SSSR count). The van der Waals surface area contributed by atoms with E-state index in [4.69, 9.17) is 10.5 Å². The van der Waals surface area contributed by atoms with Gasteiger partial charge < -0.3 is 0 Å². The largest absolute Gasteiger partial charge is 0.285 e. The lowest BCUT2D eigenvalue weighted by molar-refractivity contribution is 0.0816. The molecule has 0 saturated heterocycles. The fourth-order valence-electron chi connectivity index (χ4n) is 1.80. The molecular weight excluding hydrogens is 252 g/mol. The molecular formula is C16H8N2O2. The maximum absolute atomic E-state index is 12.2. The Bertz CT molecular complexity index is 712. The molecule has 0 aliphatic heterocycles. The van der Waals surface area contributed by atoms with Crippen LogP contribution in [0.15, 0.2) is 48.5 Å². The van der Waals surface area contributed by atoms with Crippen molar-refractivity contribution < 1.29 is 9.59 Å². The van der Waals surface area contributed by atoms with Crippen molar-refractivity contribution >= 4 is 11.6 Å². The van der Waals surface area contributed by atoms with Gasteiger partial charge in [-0.2, -0.15) is 10.5 Å². The molecule has 94 valence electrons.